The van der Waals surface area contributed by atoms with Crippen molar-refractivity contribution in [2.45, 2.75) is 6.92 Å². The van der Waals surface area contributed by atoms with Crippen molar-refractivity contribution in [1.82, 2.24) is 15.2 Å². The smallest absolute Gasteiger partial charge is 0.157 e. The van der Waals surface area contributed by atoms with Crippen molar-refractivity contribution in [3.63, 3.8) is 0 Å². The summed E-state index contributed by atoms with van der Waals surface area (Å²) in [5.41, 5.74) is 8.56. The van der Waals surface area contributed by atoms with E-state index in [9.17, 15) is 0 Å². The molecular weight excluding hydrogens is 164 g/mol. The number of hydrogen-bond acceptors (Lipinski definition) is 3. The molecule has 4 heteroatoms. The zero-order valence-electron chi connectivity index (χ0n) is 7.28. The van der Waals surface area contributed by atoms with Crippen LogP contribution in [0.3, 0.4) is 0 Å². The Kier molecular flexibility index (Phi) is 1.73. The number of H-pyrrole nitrogens is 1. The molecule has 13 heavy (non-hydrogen) atoms. The monoisotopic (exact) mass is 174 g/mol. The molecule has 1 aromatic carbocycles. The maximum atomic E-state index is 5.79. The molecule has 0 fully saturated rings. The topological polar surface area (TPSA) is 67.6 Å². The largest absolute Gasteiger partial charge is 0.398 e. The fraction of sp³-hybridized carbons (Fsp3) is 0.111. The minimum absolute atomic E-state index is 0.709. The van der Waals surface area contributed by atoms with Crippen LogP contribution in [-0.2, 0) is 0 Å². The van der Waals surface area contributed by atoms with E-state index in [0.29, 0.717) is 11.5 Å². The van der Waals surface area contributed by atoms with E-state index in [1.165, 1.54) is 6.33 Å². The summed E-state index contributed by atoms with van der Waals surface area (Å²) >= 11 is 0. The molecule has 0 atom stereocenters. The molecule has 0 aliphatic carbocycles. The molecule has 3 N–H and O–H groups in total. The van der Waals surface area contributed by atoms with E-state index < -0.39 is 0 Å². The standard InChI is InChI=1S/C9H10N4/c1-6-2-3-8(10)7(4-6)9-11-5-12-13-9/h2-5H,10H2,1H3,(H,11,12,13). The highest BCUT2D eigenvalue weighted by molar-refractivity contribution is 5.71. The van der Waals surface area contributed by atoms with E-state index in [1.54, 1.807) is 0 Å². The first-order valence-electron chi connectivity index (χ1n) is 3.99. The van der Waals surface area contributed by atoms with Crippen molar-refractivity contribution in [2.24, 2.45) is 0 Å². The summed E-state index contributed by atoms with van der Waals surface area (Å²) in [5.74, 6) is 0.709. The van der Waals surface area contributed by atoms with Crippen LogP contribution in [0.2, 0.25) is 0 Å². The summed E-state index contributed by atoms with van der Waals surface area (Å²) in [6, 6.07) is 5.82. The number of anilines is 1. The highest BCUT2D eigenvalue weighted by Gasteiger charge is 2.04. The molecule has 4 nitrogen and oxygen atoms in total. The third-order valence-electron chi connectivity index (χ3n) is 1.88. The maximum absolute atomic E-state index is 5.79. The molecule has 1 heterocycles. The highest BCUT2D eigenvalue weighted by Crippen LogP contribution is 2.22. The van der Waals surface area contributed by atoms with Gasteiger partial charge in [-0.25, -0.2) is 4.98 Å². The summed E-state index contributed by atoms with van der Waals surface area (Å²) in [5, 5.41) is 6.56. The van der Waals surface area contributed by atoms with Gasteiger partial charge in [-0.1, -0.05) is 11.6 Å². The fourth-order valence-corrected chi connectivity index (χ4v) is 1.21. The number of aromatic nitrogens is 3. The quantitative estimate of drug-likeness (QED) is 0.641. The first-order valence-corrected chi connectivity index (χ1v) is 3.99. The Hall–Kier alpha value is -1.84. The van der Waals surface area contributed by atoms with E-state index in [-0.39, 0.29) is 0 Å². The van der Waals surface area contributed by atoms with Crippen molar-refractivity contribution in [2.75, 3.05) is 5.73 Å². The average Bonchev–Trinajstić information content (AvgIpc) is 2.61. The number of nitrogens with two attached hydrogens (primary N) is 1. The Labute approximate surface area is 75.8 Å². The first kappa shape index (κ1) is 7.79. The molecule has 0 aliphatic rings. The lowest BCUT2D eigenvalue weighted by atomic mass is 10.1. The average molecular weight is 174 g/mol. The second-order valence-corrected chi connectivity index (χ2v) is 2.92. The molecule has 0 amide bonds. The number of aryl methyl sites for hydroxylation is 1. The van der Waals surface area contributed by atoms with Gasteiger partial charge in [-0.2, -0.15) is 5.10 Å². The van der Waals surface area contributed by atoms with Crippen molar-refractivity contribution in [3.8, 4) is 11.4 Å². The lowest BCUT2D eigenvalue weighted by molar-refractivity contribution is 1.09. The molecule has 0 saturated heterocycles. The van der Waals surface area contributed by atoms with E-state index in [0.717, 1.165) is 11.1 Å². The normalized spacial score (nSPS) is 10.2. The SMILES string of the molecule is Cc1ccc(N)c(-c2ncn[nH]2)c1. The predicted octanol–water partition coefficient (Wildman–Crippen LogP) is 1.36. The van der Waals surface area contributed by atoms with Crippen LogP contribution in [0.5, 0.6) is 0 Å². The Morgan fingerprint density at radius 3 is 2.92 bits per heavy atom. The number of nitrogens with one attached hydrogen (secondary N) is 1. The van der Waals surface area contributed by atoms with Crippen LogP contribution >= 0.6 is 0 Å². The molecule has 2 rings (SSSR count). The molecule has 0 bridgehead atoms. The zero-order chi connectivity index (χ0) is 9.26. The van der Waals surface area contributed by atoms with Crippen LogP contribution in [0.4, 0.5) is 5.69 Å². The summed E-state index contributed by atoms with van der Waals surface area (Å²) in [7, 11) is 0. The lowest BCUT2D eigenvalue weighted by Crippen LogP contribution is -1.91. The van der Waals surface area contributed by atoms with Gasteiger partial charge in [0, 0.05) is 11.3 Å². The number of hydrogen-bond donors (Lipinski definition) is 2. The van der Waals surface area contributed by atoms with E-state index in [1.807, 2.05) is 25.1 Å². The van der Waals surface area contributed by atoms with E-state index >= 15 is 0 Å². The van der Waals surface area contributed by atoms with Gasteiger partial charge in [-0.05, 0) is 19.1 Å². The van der Waals surface area contributed by atoms with Gasteiger partial charge < -0.3 is 5.73 Å². The zero-order valence-corrected chi connectivity index (χ0v) is 7.28. The molecule has 0 aliphatic heterocycles. The predicted molar refractivity (Wildman–Crippen MR) is 51.0 cm³/mol. The maximum Gasteiger partial charge on any atom is 0.157 e. The molecule has 0 radical (unpaired) electrons. The Morgan fingerprint density at radius 1 is 1.38 bits per heavy atom. The van der Waals surface area contributed by atoms with Gasteiger partial charge >= 0.3 is 0 Å². The van der Waals surface area contributed by atoms with Crippen molar-refractivity contribution < 1.29 is 0 Å². The number of nitrogen functional groups attached to an aromatic ring is 1. The van der Waals surface area contributed by atoms with Gasteiger partial charge in [0.15, 0.2) is 5.82 Å². The second kappa shape index (κ2) is 2.90. The van der Waals surface area contributed by atoms with Crippen LogP contribution < -0.4 is 5.73 Å². The fourth-order valence-electron chi connectivity index (χ4n) is 1.21. The summed E-state index contributed by atoms with van der Waals surface area (Å²) in [6.45, 7) is 2.01. The van der Waals surface area contributed by atoms with Crippen molar-refractivity contribution in [1.29, 1.82) is 0 Å². The van der Waals surface area contributed by atoms with Crippen molar-refractivity contribution in [3.05, 3.63) is 30.1 Å². The third kappa shape index (κ3) is 1.38. The number of rotatable bonds is 1. The van der Waals surface area contributed by atoms with Gasteiger partial charge in [-0.3, -0.25) is 5.10 Å². The molecular formula is C9H10N4. The second-order valence-electron chi connectivity index (χ2n) is 2.92. The minimum Gasteiger partial charge on any atom is -0.398 e. The van der Waals surface area contributed by atoms with Gasteiger partial charge in [0.1, 0.15) is 6.33 Å². The Bertz CT molecular complexity index is 406. The molecule has 0 saturated carbocycles. The Balaban J connectivity index is 2.57. The molecule has 0 spiro atoms. The molecule has 1 aromatic heterocycles. The van der Waals surface area contributed by atoms with Crippen LogP contribution in [0.15, 0.2) is 24.5 Å². The summed E-state index contributed by atoms with van der Waals surface area (Å²) in [6.07, 6.45) is 1.47. The Morgan fingerprint density at radius 2 is 2.23 bits per heavy atom. The first-order chi connectivity index (χ1) is 6.27. The van der Waals surface area contributed by atoms with Crippen LogP contribution in [0.1, 0.15) is 5.56 Å². The van der Waals surface area contributed by atoms with Gasteiger partial charge in [0.05, 0.1) is 0 Å². The van der Waals surface area contributed by atoms with Crippen molar-refractivity contribution >= 4 is 5.69 Å². The van der Waals surface area contributed by atoms with Crippen LogP contribution in [0, 0.1) is 6.92 Å². The number of nitrogens with zero attached hydrogens (tertiary/aromatic N) is 2. The molecule has 66 valence electrons. The number of benzene rings is 1. The minimum atomic E-state index is 0.709. The summed E-state index contributed by atoms with van der Waals surface area (Å²) in [4.78, 5) is 4.04. The van der Waals surface area contributed by atoms with Crippen LogP contribution in [0.25, 0.3) is 11.4 Å². The van der Waals surface area contributed by atoms with Gasteiger partial charge in [0.25, 0.3) is 0 Å². The van der Waals surface area contributed by atoms with Crippen LogP contribution in [-0.4, -0.2) is 15.2 Å². The molecule has 0 unspecified atom stereocenters. The van der Waals surface area contributed by atoms with Gasteiger partial charge in [-0.15, -0.1) is 0 Å². The van der Waals surface area contributed by atoms with E-state index in [4.69, 9.17) is 5.73 Å². The highest BCUT2D eigenvalue weighted by atomic mass is 15.2. The number of aromatic amines is 1. The lowest BCUT2D eigenvalue weighted by Gasteiger charge is -2.02. The molecule has 2 aromatic rings. The third-order valence-corrected chi connectivity index (χ3v) is 1.88. The van der Waals surface area contributed by atoms with Gasteiger partial charge in [0.2, 0.25) is 0 Å². The van der Waals surface area contributed by atoms with E-state index in [2.05, 4.69) is 15.2 Å². The summed E-state index contributed by atoms with van der Waals surface area (Å²) < 4.78 is 0.